The number of hydrogen-bond donors (Lipinski definition) is 1. The lowest BCUT2D eigenvalue weighted by Crippen LogP contribution is -2.13. The molecule has 0 heterocycles. The van der Waals surface area contributed by atoms with Crippen molar-refractivity contribution < 1.29 is 29.0 Å². The Kier molecular flexibility index (Phi) is 6.48. The fourth-order valence-electron chi connectivity index (χ4n) is 1.14. The molecule has 1 aromatic rings. The zero-order valence-electron chi connectivity index (χ0n) is 9.39. The number of carboxylic acid groups (broad SMARTS) is 1. The molecule has 0 amide bonds. The molecule has 0 saturated carbocycles. The van der Waals surface area contributed by atoms with Crippen LogP contribution in [-0.4, -0.2) is 31.9 Å². The molecule has 19 heavy (non-hydrogen) atoms. The fourth-order valence-corrected chi connectivity index (χ4v) is 1.45. The second-order valence-corrected chi connectivity index (χ2v) is 4.70. The number of alkyl halides is 2. The minimum atomic E-state index is -1.23. The second kappa shape index (κ2) is 7.62. The molecule has 0 unspecified atom stereocenters. The van der Waals surface area contributed by atoms with E-state index in [1.807, 2.05) is 22.6 Å². The van der Waals surface area contributed by atoms with Crippen molar-refractivity contribution in [1.29, 1.82) is 0 Å². The lowest BCUT2D eigenvalue weighted by Gasteiger charge is -2.08. The highest BCUT2D eigenvalue weighted by atomic mass is 127. The van der Waals surface area contributed by atoms with Crippen LogP contribution in [0.1, 0.15) is 10.4 Å². The molecule has 1 aromatic carbocycles. The first kappa shape index (κ1) is 16.1. The summed E-state index contributed by atoms with van der Waals surface area (Å²) in [6.07, 6.45) is 0. The van der Waals surface area contributed by atoms with Crippen LogP contribution in [0.5, 0.6) is 11.5 Å². The zero-order chi connectivity index (χ0) is 14.4. The number of benzene rings is 1. The number of carbonyl (C=O) groups excluding carboxylic acids is 2. The van der Waals surface area contributed by atoms with Gasteiger partial charge in [-0.1, -0.05) is 45.2 Å². The Morgan fingerprint density at radius 3 is 2.16 bits per heavy atom. The van der Waals surface area contributed by atoms with E-state index in [0.717, 1.165) is 0 Å². The first-order chi connectivity index (χ1) is 8.97. The van der Waals surface area contributed by atoms with E-state index in [4.69, 9.17) is 14.6 Å². The van der Waals surface area contributed by atoms with Crippen LogP contribution in [0.4, 0.5) is 0 Å². The second-order valence-electron chi connectivity index (χ2n) is 3.18. The molecule has 0 aromatic heterocycles. The van der Waals surface area contributed by atoms with Crippen LogP contribution in [0.2, 0.25) is 0 Å². The molecule has 0 fully saturated rings. The van der Waals surface area contributed by atoms with Crippen LogP contribution >= 0.6 is 45.2 Å². The summed E-state index contributed by atoms with van der Waals surface area (Å²) in [6, 6.07) is 3.75. The van der Waals surface area contributed by atoms with E-state index < -0.39 is 17.9 Å². The molecule has 8 heteroatoms. The van der Waals surface area contributed by atoms with E-state index in [0.29, 0.717) is 0 Å². The molecular weight excluding hydrogens is 482 g/mol. The van der Waals surface area contributed by atoms with E-state index in [2.05, 4.69) is 0 Å². The summed E-state index contributed by atoms with van der Waals surface area (Å²) in [5.41, 5.74) is -0.174. The summed E-state index contributed by atoms with van der Waals surface area (Å²) >= 11 is 3.63. The molecule has 0 bridgehead atoms. The third-order valence-corrected chi connectivity index (χ3v) is 3.10. The highest BCUT2D eigenvalue weighted by Crippen LogP contribution is 2.25. The summed E-state index contributed by atoms with van der Waals surface area (Å²) in [5.74, 6) is -2.31. The van der Waals surface area contributed by atoms with Gasteiger partial charge in [0.15, 0.2) is 0 Å². The first-order valence-corrected chi connectivity index (χ1v) is 7.93. The predicted octanol–water partition coefficient (Wildman–Crippen LogP) is 2.07. The summed E-state index contributed by atoms with van der Waals surface area (Å²) in [5, 5.41) is 8.97. The van der Waals surface area contributed by atoms with Crippen molar-refractivity contribution >= 4 is 63.1 Å². The molecular formula is C11H8I2O6. The third-order valence-electron chi connectivity index (χ3n) is 1.86. The number of esters is 2. The fraction of sp³-hybridized carbons (Fsp3) is 0.182. The van der Waals surface area contributed by atoms with Gasteiger partial charge in [0.25, 0.3) is 0 Å². The standard InChI is InChI=1S/C11H8I2O6/c12-4-9(14)18-6-1-2-7(11(16)17)8(3-6)19-10(15)5-13/h1-3H,4-5H2,(H,16,17). The van der Waals surface area contributed by atoms with Crippen LogP contribution in [0, 0.1) is 0 Å². The third kappa shape index (κ3) is 4.93. The topological polar surface area (TPSA) is 89.9 Å². The van der Waals surface area contributed by atoms with Gasteiger partial charge >= 0.3 is 17.9 Å². The normalized spacial score (nSPS) is 9.79. The quantitative estimate of drug-likeness (QED) is 0.295. The lowest BCUT2D eigenvalue weighted by molar-refractivity contribution is -0.131. The van der Waals surface area contributed by atoms with Crippen LogP contribution in [0.3, 0.4) is 0 Å². The molecule has 6 nitrogen and oxygen atoms in total. The predicted molar refractivity (Wildman–Crippen MR) is 82.4 cm³/mol. The molecule has 102 valence electrons. The summed E-state index contributed by atoms with van der Waals surface area (Å²) in [6.45, 7) is 0. The van der Waals surface area contributed by atoms with E-state index in [-0.39, 0.29) is 25.9 Å². The molecule has 0 aliphatic heterocycles. The Labute approximate surface area is 135 Å². The first-order valence-electron chi connectivity index (χ1n) is 4.88. The van der Waals surface area contributed by atoms with Crippen molar-refractivity contribution in [2.24, 2.45) is 0 Å². The number of carboxylic acids is 1. The molecule has 0 spiro atoms. The number of rotatable bonds is 5. The Morgan fingerprint density at radius 1 is 1.05 bits per heavy atom. The Balaban J connectivity index is 3.07. The number of aromatic carboxylic acids is 1. The van der Waals surface area contributed by atoms with Gasteiger partial charge in [0, 0.05) is 6.07 Å². The number of carbonyl (C=O) groups is 3. The van der Waals surface area contributed by atoms with Gasteiger partial charge in [0.2, 0.25) is 0 Å². The van der Waals surface area contributed by atoms with Gasteiger partial charge in [0.1, 0.15) is 17.1 Å². The van der Waals surface area contributed by atoms with E-state index >= 15 is 0 Å². The van der Waals surface area contributed by atoms with Crippen molar-refractivity contribution in [3.05, 3.63) is 23.8 Å². The van der Waals surface area contributed by atoms with Crippen LogP contribution in [-0.2, 0) is 9.59 Å². The van der Waals surface area contributed by atoms with Crippen molar-refractivity contribution in [3.63, 3.8) is 0 Å². The van der Waals surface area contributed by atoms with Gasteiger partial charge in [-0.05, 0) is 12.1 Å². The highest BCUT2D eigenvalue weighted by molar-refractivity contribution is 14.1. The minimum absolute atomic E-state index is 0.0780. The average Bonchev–Trinajstić information content (AvgIpc) is 2.38. The smallest absolute Gasteiger partial charge is 0.339 e. The number of halogens is 2. The molecule has 1 N–H and O–H groups in total. The minimum Gasteiger partial charge on any atom is -0.478 e. The van der Waals surface area contributed by atoms with Gasteiger partial charge in [-0.25, -0.2) is 4.79 Å². The SMILES string of the molecule is O=C(CI)Oc1ccc(C(=O)O)c(OC(=O)CI)c1. The largest absolute Gasteiger partial charge is 0.478 e. The lowest BCUT2D eigenvalue weighted by atomic mass is 10.2. The van der Waals surface area contributed by atoms with E-state index in [9.17, 15) is 14.4 Å². The zero-order valence-corrected chi connectivity index (χ0v) is 13.7. The monoisotopic (exact) mass is 490 g/mol. The molecule has 0 atom stereocenters. The highest BCUT2D eigenvalue weighted by Gasteiger charge is 2.16. The maximum atomic E-state index is 11.2. The van der Waals surface area contributed by atoms with Crippen molar-refractivity contribution in [2.45, 2.75) is 0 Å². The molecule has 1 rings (SSSR count). The molecule has 0 radical (unpaired) electrons. The van der Waals surface area contributed by atoms with Crippen LogP contribution < -0.4 is 9.47 Å². The molecule has 0 aliphatic carbocycles. The van der Waals surface area contributed by atoms with Gasteiger partial charge in [-0.3, -0.25) is 9.59 Å². The molecule has 0 saturated heterocycles. The summed E-state index contributed by atoms with van der Waals surface area (Å²) in [4.78, 5) is 33.3. The number of hydrogen-bond acceptors (Lipinski definition) is 5. The summed E-state index contributed by atoms with van der Waals surface area (Å²) in [7, 11) is 0. The Hall–Kier alpha value is -0.910. The maximum Gasteiger partial charge on any atom is 0.339 e. The van der Waals surface area contributed by atoms with Gasteiger partial charge in [0.05, 0.1) is 8.86 Å². The van der Waals surface area contributed by atoms with Crippen LogP contribution in [0.15, 0.2) is 18.2 Å². The van der Waals surface area contributed by atoms with Crippen molar-refractivity contribution in [2.75, 3.05) is 8.86 Å². The van der Waals surface area contributed by atoms with E-state index in [1.165, 1.54) is 18.2 Å². The van der Waals surface area contributed by atoms with Gasteiger partial charge in [-0.15, -0.1) is 0 Å². The van der Waals surface area contributed by atoms with E-state index in [1.54, 1.807) is 22.6 Å². The maximum absolute atomic E-state index is 11.2. The van der Waals surface area contributed by atoms with Crippen molar-refractivity contribution in [1.82, 2.24) is 0 Å². The Bertz CT molecular complexity index is 514. The van der Waals surface area contributed by atoms with Gasteiger partial charge < -0.3 is 14.6 Å². The molecule has 0 aliphatic rings. The summed E-state index contributed by atoms with van der Waals surface area (Å²) < 4.78 is 10.0. The number of ether oxygens (including phenoxy) is 2. The Morgan fingerprint density at radius 2 is 1.63 bits per heavy atom. The van der Waals surface area contributed by atoms with Crippen molar-refractivity contribution in [3.8, 4) is 11.5 Å². The van der Waals surface area contributed by atoms with Crippen LogP contribution in [0.25, 0.3) is 0 Å². The van der Waals surface area contributed by atoms with Gasteiger partial charge in [-0.2, -0.15) is 0 Å². The average molecular weight is 490 g/mol.